The van der Waals surface area contributed by atoms with Gasteiger partial charge in [0.05, 0.1) is 12.8 Å². The Hall–Kier alpha value is -2.53. The molecule has 1 aromatic heterocycles. The third kappa shape index (κ3) is 3.29. The zero-order valence-electron chi connectivity index (χ0n) is 13.3. The molecule has 23 heavy (non-hydrogen) atoms. The number of aromatic nitrogens is 1. The standard InChI is InChI=1S/C18H18N2O2S/c1-11-7-13(16-10-23-18(19)20-16)8-12(2)17(11)22-15-6-4-5-14(9-15)21-3/h4-10H,1-3H3,(H2,19,20). The molecule has 118 valence electrons. The Labute approximate surface area is 139 Å². The zero-order chi connectivity index (χ0) is 16.4. The van der Waals surface area contributed by atoms with Crippen molar-refractivity contribution in [2.75, 3.05) is 12.8 Å². The average molecular weight is 326 g/mol. The van der Waals surface area contributed by atoms with Crippen LogP contribution in [0.2, 0.25) is 0 Å². The van der Waals surface area contributed by atoms with E-state index in [2.05, 4.69) is 17.1 Å². The number of anilines is 1. The first kappa shape index (κ1) is 15.4. The number of benzene rings is 2. The van der Waals surface area contributed by atoms with Gasteiger partial charge in [-0.1, -0.05) is 6.07 Å². The van der Waals surface area contributed by atoms with Crippen LogP contribution in [-0.4, -0.2) is 12.1 Å². The van der Waals surface area contributed by atoms with Gasteiger partial charge in [-0.15, -0.1) is 11.3 Å². The highest BCUT2D eigenvalue weighted by Crippen LogP contribution is 2.34. The Bertz CT molecular complexity index is 820. The van der Waals surface area contributed by atoms with Crippen LogP contribution in [-0.2, 0) is 0 Å². The van der Waals surface area contributed by atoms with Crippen molar-refractivity contribution in [1.82, 2.24) is 4.98 Å². The van der Waals surface area contributed by atoms with E-state index in [0.717, 1.165) is 39.6 Å². The lowest BCUT2D eigenvalue weighted by atomic mass is 10.0. The lowest BCUT2D eigenvalue weighted by molar-refractivity contribution is 0.408. The minimum atomic E-state index is 0.576. The fraction of sp³-hybridized carbons (Fsp3) is 0.167. The van der Waals surface area contributed by atoms with Gasteiger partial charge in [0.25, 0.3) is 0 Å². The molecule has 4 nitrogen and oxygen atoms in total. The molecule has 0 spiro atoms. The summed E-state index contributed by atoms with van der Waals surface area (Å²) in [7, 11) is 1.64. The maximum absolute atomic E-state index is 6.06. The van der Waals surface area contributed by atoms with Crippen molar-refractivity contribution >= 4 is 16.5 Å². The molecule has 0 atom stereocenters. The number of nitrogens with two attached hydrogens (primary N) is 1. The highest BCUT2D eigenvalue weighted by Gasteiger charge is 2.11. The summed E-state index contributed by atoms with van der Waals surface area (Å²) in [5.74, 6) is 2.37. The van der Waals surface area contributed by atoms with E-state index in [4.69, 9.17) is 15.2 Å². The summed E-state index contributed by atoms with van der Waals surface area (Å²) < 4.78 is 11.3. The number of ether oxygens (including phenoxy) is 2. The minimum absolute atomic E-state index is 0.576. The van der Waals surface area contributed by atoms with Crippen LogP contribution in [0, 0.1) is 13.8 Å². The molecule has 0 fully saturated rings. The van der Waals surface area contributed by atoms with E-state index in [9.17, 15) is 0 Å². The molecule has 2 aromatic carbocycles. The van der Waals surface area contributed by atoms with Gasteiger partial charge < -0.3 is 15.2 Å². The predicted molar refractivity (Wildman–Crippen MR) is 94.5 cm³/mol. The molecule has 2 N–H and O–H groups in total. The van der Waals surface area contributed by atoms with E-state index in [1.165, 1.54) is 11.3 Å². The quantitative estimate of drug-likeness (QED) is 0.747. The van der Waals surface area contributed by atoms with Crippen molar-refractivity contribution in [3.8, 4) is 28.5 Å². The highest BCUT2D eigenvalue weighted by molar-refractivity contribution is 7.13. The van der Waals surface area contributed by atoms with E-state index < -0.39 is 0 Å². The maximum atomic E-state index is 6.06. The number of thiazole rings is 1. The molecule has 0 amide bonds. The number of methoxy groups -OCH3 is 1. The Morgan fingerprint density at radius 3 is 2.35 bits per heavy atom. The van der Waals surface area contributed by atoms with E-state index in [1.54, 1.807) is 7.11 Å². The zero-order valence-corrected chi connectivity index (χ0v) is 14.1. The molecule has 0 radical (unpaired) electrons. The third-order valence-corrected chi connectivity index (χ3v) is 4.21. The first-order valence-corrected chi connectivity index (χ1v) is 8.09. The molecular weight excluding hydrogens is 308 g/mol. The topological polar surface area (TPSA) is 57.4 Å². The van der Waals surface area contributed by atoms with Crippen molar-refractivity contribution in [2.45, 2.75) is 13.8 Å². The number of rotatable bonds is 4. The monoisotopic (exact) mass is 326 g/mol. The van der Waals surface area contributed by atoms with E-state index in [-0.39, 0.29) is 0 Å². The van der Waals surface area contributed by atoms with Crippen LogP contribution in [0.1, 0.15) is 11.1 Å². The van der Waals surface area contributed by atoms with Gasteiger partial charge in [0.2, 0.25) is 0 Å². The number of hydrogen-bond acceptors (Lipinski definition) is 5. The number of nitrogens with zero attached hydrogens (tertiary/aromatic N) is 1. The largest absolute Gasteiger partial charge is 0.497 e. The second-order valence-corrected chi connectivity index (χ2v) is 6.18. The van der Waals surface area contributed by atoms with Crippen LogP contribution in [0.4, 0.5) is 5.13 Å². The highest BCUT2D eigenvalue weighted by atomic mass is 32.1. The second kappa shape index (κ2) is 6.30. The minimum Gasteiger partial charge on any atom is -0.497 e. The molecular formula is C18H18N2O2S. The molecule has 5 heteroatoms. The molecule has 1 heterocycles. The molecule has 3 rings (SSSR count). The summed E-state index contributed by atoms with van der Waals surface area (Å²) in [5.41, 5.74) is 9.77. The molecule has 0 saturated heterocycles. The molecule has 0 saturated carbocycles. The fourth-order valence-corrected chi connectivity index (χ4v) is 3.03. The number of nitrogen functional groups attached to an aromatic ring is 1. The summed E-state index contributed by atoms with van der Waals surface area (Å²) in [6.07, 6.45) is 0. The lowest BCUT2D eigenvalue weighted by Gasteiger charge is -2.14. The SMILES string of the molecule is COc1cccc(Oc2c(C)cc(-c3csc(N)n3)cc2C)c1. The molecule has 0 unspecified atom stereocenters. The van der Waals surface area contributed by atoms with Gasteiger partial charge in [-0.25, -0.2) is 4.98 Å². The Balaban J connectivity index is 1.94. The van der Waals surface area contributed by atoms with E-state index in [1.807, 2.05) is 43.5 Å². The normalized spacial score (nSPS) is 10.6. The Morgan fingerprint density at radius 2 is 1.74 bits per heavy atom. The van der Waals surface area contributed by atoms with E-state index >= 15 is 0 Å². The van der Waals surface area contributed by atoms with Crippen LogP contribution in [0.15, 0.2) is 41.8 Å². The fourth-order valence-electron chi connectivity index (χ4n) is 2.46. The summed E-state index contributed by atoms with van der Waals surface area (Å²) >= 11 is 1.44. The predicted octanol–water partition coefficient (Wildman–Crippen LogP) is 4.81. The molecule has 3 aromatic rings. The first-order chi connectivity index (χ1) is 11.1. The Morgan fingerprint density at radius 1 is 1.04 bits per heavy atom. The van der Waals surface area contributed by atoms with Crippen LogP contribution in [0.5, 0.6) is 17.2 Å². The Kier molecular flexibility index (Phi) is 4.21. The van der Waals surface area contributed by atoms with Crippen molar-refractivity contribution in [3.05, 3.63) is 52.9 Å². The van der Waals surface area contributed by atoms with Crippen molar-refractivity contribution < 1.29 is 9.47 Å². The van der Waals surface area contributed by atoms with Gasteiger partial charge >= 0.3 is 0 Å². The average Bonchev–Trinajstić information content (AvgIpc) is 2.97. The maximum Gasteiger partial charge on any atom is 0.180 e. The van der Waals surface area contributed by atoms with Crippen molar-refractivity contribution in [3.63, 3.8) is 0 Å². The van der Waals surface area contributed by atoms with E-state index in [0.29, 0.717) is 5.13 Å². The van der Waals surface area contributed by atoms with Crippen LogP contribution in [0.3, 0.4) is 0 Å². The van der Waals surface area contributed by atoms with Crippen LogP contribution < -0.4 is 15.2 Å². The molecule has 0 aliphatic heterocycles. The molecule has 0 aliphatic carbocycles. The van der Waals surface area contributed by atoms with Gasteiger partial charge in [-0.3, -0.25) is 0 Å². The molecule has 0 bridgehead atoms. The van der Waals surface area contributed by atoms with Crippen LogP contribution in [0.25, 0.3) is 11.3 Å². The van der Waals surface area contributed by atoms with Crippen LogP contribution >= 0.6 is 11.3 Å². The molecule has 0 aliphatic rings. The smallest absolute Gasteiger partial charge is 0.180 e. The van der Waals surface area contributed by atoms with Gasteiger partial charge in [0.1, 0.15) is 17.2 Å². The summed E-state index contributed by atoms with van der Waals surface area (Å²) in [5, 5.41) is 2.54. The second-order valence-electron chi connectivity index (χ2n) is 5.29. The summed E-state index contributed by atoms with van der Waals surface area (Å²) in [6, 6.07) is 11.7. The first-order valence-electron chi connectivity index (χ1n) is 7.21. The van der Waals surface area contributed by atoms with Crippen molar-refractivity contribution in [1.29, 1.82) is 0 Å². The summed E-state index contributed by atoms with van der Waals surface area (Å²) in [4.78, 5) is 4.34. The summed E-state index contributed by atoms with van der Waals surface area (Å²) in [6.45, 7) is 4.06. The number of hydrogen-bond donors (Lipinski definition) is 1. The van der Waals surface area contributed by atoms with Gasteiger partial charge in [-0.05, 0) is 49.2 Å². The third-order valence-electron chi connectivity index (χ3n) is 3.54. The van der Waals surface area contributed by atoms with Gasteiger partial charge in [-0.2, -0.15) is 0 Å². The van der Waals surface area contributed by atoms with Crippen molar-refractivity contribution in [2.24, 2.45) is 0 Å². The lowest BCUT2D eigenvalue weighted by Crippen LogP contribution is -1.93. The number of aryl methyl sites for hydroxylation is 2. The van der Waals surface area contributed by atoms with Gasteiger partial charge in [0, 0.05) is 17.0 Å². The van der Waals surface area contributed by atoms with Gasteiger partial charge in [0.15, 0.2) is 5.13 Å².